The Balaban J connectivity index is 1.55. The van der Waals surface area contributed by atoms with E-state index in [-0.39, 0.29) is 27.8 Å². The summed E-state index contributed by atoms with van der Waals surface area (Å²) in [5.41, 5.74) is 0.895. The van der Waals surface area contributed by atoms with Gasteiger partial charge in [-0.3, -0.25) is 9.59 Å². The number of rotatable bonds is 8. The highest BCUT2D eigenvalue weighted by atomic mass is 35.5. The highest BCUT2D eigenvalue weighted by molar-refractivity contribution is 7.89. The van der Waals surface area contributed by atoms with Crippen LogP contribution in [0, 0.1) is 5.82 Å². The lowest BCUT2D eigenvalue weighted by Crippen LogP contribution is -2.32. The molecule has 0 aromatic heterocycles. The van der Waals surface area contributed by atoms with Crippen molar-refractivity contribution in [3.63, 3.8) is 0 Å². The van der Waals surface area contributed by atoms with E-state index in [0.29, 0.717) is 19.5 Å². The standard InChI is InChI=1S/C23H26ClFN2O5S/c24-20-11-10-19(33(30,31)27-13-3-1-2-4-14-27)15-21(20)26-22(28)16-32-23(29)12-7-17-5-8-18(25)9-6-17/h5-6,8-11,15H,1-4,7,12-14,16H2,(H,26,28). The molecule has 1 N–H and O–H groups in total. The Labute approximate surface area is 197 Å². The Hall–Kier alpha value is -2.49. The van der Waals surface area contributed by atoms with E-state index in [9.17, 15) is 22.4 Å². The molecule has 7 nitrogen and oxygen atoms in total. The molecule has 33 heavy (non-hydrogen) atoms. The first-order valence-corrected chi connectivity index (χ1v) is 12.6. The van der Waals surface area contributed by atoms with Crippen LogP contribution in [-0.4, -0.2) is 44.3 Å². The van der Waals surface area contributed by atoms with Gasteiger partial charge in [0.15, 0.2) is 6.61 Å². The van der Waals surface area contributed by atoms with Crippen LogP contribution >= 0.6 is 11.6 Å². The minimum atomic E-state index is -3.71. The third-order valence-corrected chi connectivity index (χ3v) is 7.53. The topological polar surface area (TPSA) is 92.8 Å². The van der Waals surface area contributed by atoms with Crippen LogP contribution < -0.4 is 5.32 Å². The van der Waals surface area contributed by atoms with Gasteiger partial charge in [-0.1, -0.05) is 36.6 Å². The van der Waals surface area contributed by atoms with Crippen LogP contribution in [0.1, 0.15) is 37.7 Å². The summed E-state index contributed by atoms with van der Waals surface area (Å²) < 4.78 is 45.3. The molecule has 0 bridgehead atoms. The minimum absolute atomic E-state index is 0.0310. The second-order valence-electron chi connectivity index (χ2n) is 7.80. The van der Waals surface area contributed by atoms with Gasteiger partial charge in [-0.15, -0.1) is 0 Å². The van der Waals surface area contributed by atoms with E-state index < -0.39 is 28.5 Å². The Morgan fingerprint density at radius 1 is 1.03 bits per heavy atom. The molecule has 0 atom stereocenters. The zero-order valence-corrected chi connectivity index (χ0v) is 19.6. The van der Waals surface area contributed by atoms with E-state index in [1.54, 1.807) is 12.1 Å². The fourth-order valence-corrected chi connectivity index (χ4v) is 5.20. The Kier molecular flexibility index (Phi) is 8.82. The highest BCUT2D eigenvalue weighted by Gasteiger charge is 2.26. The van der Waals surface area contributed by atoms with Gasteiger partial charge in [-0.05, 0) is 55.2 Å². The summed E-state index contributed by atoms with van der Waals surface area (Å²) in [6.45, 7) is 0.378. The first-order chi connectivity index (χ1) is 15.8. The fourth-order valence-electron chi connectivity index (χ4n) is 3.49. The van der Waals surface area contributed by atoms with Crippen molar-refractivity contribution in [2.75, 3.05) is 25.0 Å². The molecule has 0 unspecified atom stereocenters. The number of nitrogens with zero attached hydrogens (tertiary/aromatic N) is 1. The second-order valence-corrected chi connectivity index (χ2v) is 10.1. The maximum Gasteiger partial charge on any atom is 0.306 e. The van der Waals surface area contributed by atoms with Crippen molar-refractivity contribution in [2.45, 2.75) is 43.4 Å². The van der Waals surface area contributed by atoms with Gasteiger partial charge in [-0.25, -0.2) is 12.8 Å². The molecular formula is C23H26ClFN2O5S. The van der Waals surface area contributed by atoms with Crippen molar-refractivity contribution in [1.29, 1.82) is 0 Å². The predicted molar refractivity (Wildman–Crippen MR) is 123 cm³/mol. The fraction of sp³-hybridized carbons (Fsp3) is 0.391. The SMILES string of the molecule is O=C(COC(=O)CCc1ccc(F)cc1)Nc1cc(S(=O)(=O)N2CCCCCC2)ccc1Cl. The van der Waals surface area contributed by atoms with Crippen molar-refractivity contribution in [1.82, 2.24) is 4.31 Å². The van der Waals surface area contributed by atoms with Crippen molar-refractivity contribution in [3.8, 4) is 0 Å². The number of aryl methyl sites for hydroxylation is 1. The maximum atomic E-state index is 13.0. The zero-order valence-electron chi connectivity index (χ0n) is 18.1. The average molecular weight is 497 g/mol. The van der Waals surface area contributed by atoms with Gasteiger partial charge in [0.1, 0.15) is 5.82 Å². The van der Waals surface area contributed by atoms with Gasteiger partial charge in [0.05, 0.1) is 15.6 Å². The molecule has 1 fully saturated rings. The van der Waals surface area contributed by atoms with Crippen LogP contribution in [0.15, 0.2) is 47.4 Å². The molecule has 1 heterocycles. The van der Waals surface area contributed by atoms with Gasteiger partial charge in [0.2, 0.25) is 10.0 Å². The molecule has 1 saturated heterocycles. The lowest BCUT2D eigenvalue weighted by molar-refractivity contribution is -0.147. The van der Waals surface area contributed by atoms with E-state index in [1.807, 2.05) is 0 Å². The van der Waals surface area contributed by atoms with Gasteiger partial charge < -0.3 is 10.1 Å². The van der Waals surface area contributed by atoms with Gasteiger partial charge >= 0.3 is 5.97 Å². The first-order valence-electron chi connectivity index (χ1n) is 10.8. The summed E-state index contributed by atoms with van der Waals surface area (Å²) in [5, 5.41) is 2.67. The molecule has 0 saturated carbocycles. The number of hydrogen-bond acceptors (Lipinski definition) is 5. The first kappa shape index (κ1) is 25.1. The molecule has 1 aliphatic heterocycles. The van der Waals surface area contributed by atoms with E-state index >= 15 is 0 Å². The molecule has 1 aliphatic rings. The van der Waals surface area contributed by atoms with Crippen LogP contribution in [0.2, 0.25) is 5.02 Å². The molecule has 0 aliphatic carbocycles. The molecule has 178 valence electrons. The number of halogens is 2. The number of nitrogens with one attached hydrogen (secondary N) is 1. The molecule has 0 spiro atoms. The van der Waals surface area contributed by atoms with Gasteiger partial charge in [-0.2, -0.15) is 4.31 Å². The maximum absolute atomic E-state index is 13.0. The summed E-state index contributed by atoms with van der Waals surface area (Å²) in [5.74, 6) is -1.59. The minimum Gasteiger partial charge on any atom is -0.456 e. The molecule has 0 radical (unpaired) electrons. The van der Waals surface area contributed by atoms with Crippen LogP contribution in [0.4, 0.5) is 10.1 Å². The quantitative estimate of drug-likeness (QED) is 0.554. The van der Waals surface area contributed by atoms with Crippen LogP contribution in [0.25, 0.3) is 0 Å². The molecule has 3 rings (SSSR count). The summed E-state index contributed by atoms with van der Waals surface area (Å²) in [6, 6.07) is 9.90. The van der Waals surface area contributed by atoms with Crippen molar-refractivity contribution >= 4 is 39.2 Å². The zero-order chi connectivity index (χ0) is 23.8. The van der Waals surface area contributed by atoms with Gasteiger partial charge in [0.25, 0.3) is 5.91 Å². The number of benzene rings is 2. The number of ether oxygens (including phenoxy) is 1. The summed E-state index contributed by atoms with van der Waals surface area (Å²) in [4.78, 5) is 24.2. The van der Waals surface area contributed by atoms with Crippen LogP contribution in [-0.2, 0) is 30.8 Å². The van der Waals surface area contributed by atoms with Gasteiger partial charge in [0, 0.05) is 19.5 Å². The lowest BCUT2D eigenvalue weighted by atomic mass is 10.1. The number of carbonyl (C=O) groups excluding carboxylic acids is 2. The smallest absolute Gasteiger partial charge is 0.306 e. The third-order valence-electron chi connectivity index (χ3n) is 5.31. The summed E-state index contributed by atoms with van der Waals surface area (Å²) in [6.07, 6.45) is 3.99. The van der Waals surface area contributed by atoms with Crippen LogP contribution in [0.5, 0.6) is 0 Å². The predicted octanol–water partition coefficient (Wildman–Crippen LogP) is 4.16. The van der Waals surface area contributed by atoms with E-state index in [1.165, 1.54) is 34.6 Å². The third kappa shape index (κ3) is 7.25. The Morgan fingerprint density at radius 3 is 2.36 bits per heavy atom. The number of esters is 1. The van der Waals surface area contributed by atoms with E-state index in [0.717, 1.165) is 31.2 Å². The number of amides is 1. The molecule has 2 aromatic carbocycles. The normalized spacial score (nSPS) is 15.0. The van der Waals surface area contributed by atoms with Crippen molar-refractivity contribution in [3.05, 3.63) is 58.9 Å². The van der Waals surface area contributed by atoms with Crippen molar-refractivity contribution < 1.29 is 27.1 Å². The van der Waals surface area contributed by atoms with E-state index in [4.69, 9.17) is 16.3 Å². The summed E-state index contributed by atoms with van der Waals surface area (Å²) in [7, 11) is -3.71. The highest BCUT2D eigenvalue weighted by Crippen LogP contribution is 2.28. The van der Waals surface area contributed by atoms with E-state index in [2.05, 4.69) is 5.32 Å². The number of hydrogen-bond donors (Lipinski definition) is 1. The summed E-state index contributed by atoms with van der Waals surface area (Å²) >= 11 is 6.14. The molecular weight excluding hydrogens is 471 g/mol. The Morgan fingerprint density at radius 2 is 1.70 bits per heavy atom. The number of anilines is 1. The largest absolute Gasteiger partial charge is 0.456 e. The number of carbonyl (C=O) groups is 2. The number of sulfonamides is 1. The molecule has 2 aromatic rings. The second kappa shape index (κ2) is 11.6. The van der Waals surface area contributed by atoms with Crippen LogP contribution in [0.3, 0.4) is 0 Å². The average Bonchev–Trinajstić information content (AvgIpc) is 3.09. The monoisotopic (exact) mass is 496 g/mol. The molecule has 1 amide bonds. The Bertz CT molecular complexity index is 1080. The lowest BCUT2D eigenvalue weighted by Gasteiger charge is -2.20. The van der Waals surface area contributed by atoms with Crippen molar-refractivity contribution in [2.24, 2.45) is 0 Å². The molecule has 10 heteroatoms.